The first-order valence-electron chi connectivity index (χ1n) is 8.97. The number of guanidine groups is 1. The number of thiophene rings is 1. The molecular weight excluding hydrogens is 449 g/mol. The van der Waals surface area contributed by atoms with Gasteiger partial charge in [-0.1, -0.05) is 0 Å². The summed E-state index contributed by atoms with van der Waals surface area (Å²) < 4.78 is 11.2. The molecule has 25 heavy (non-hydrogen) atoms. The van der Waals surface area contributed by atoms with Crippen molar-refractivity contribution in [3.63, 3.8) is 0 Å². The molecule has 7 heteroatoms. The molecule has 5 nitrogen and oxygen atoms in total. The highest BCUT2D eigenvalue weighted by Crippen LogP contribution is 2.16. The van der Waals surface area contributed by atoms with Crippen LogP contribution < -0.4 is 10.6 Å². The van der Waals surface area contributed by atoms with Gasteiger partial charge in [0.05, 0.1) is 25.9 Å². The molecule has 2 atom stereocenters. The zero-order valence-electron chi connectivity index (χ0n) is 15.5. The fourth-order valence-electron chi connectivity index (χ4n) is 2.71. The predicted octanol–water partition coefficient (Wildman–Crippen LogP) is 3.36. The maximum Gasteiger partial charge on any atom is 0.191 e. The first-order valence-corrected chi connectivity index (χ1v) is 9.78. The van der Waals surface area contributed by atoms with Crippen molar-refractivity contribution in [2.75, 3.05) is 32.9 Å². The second-order valence-electron chi connectivity index (χ2n) is 6.23. The van der Waals surface area contributed by atoms with Gasteiger partial charge in [-0.25, -0.2) is 0 Å². The van der Waals surface area contributed by atoms with E-state index in [1.807, 2.05) is 11.3 Å². The second kappa shape index (κ2) is 12.9. The quantitative estimate of drug-likeness (QED) is 0.246. The Labute approximate surface area is 173 Å². The van der Waals surface area contributed by atoms with Crippen molar-refractivity contribution in [2.45, 2.75) is 52.2 Å². The van der Waals surface area contributed by atoms with Crippen molar-refractivity contribution < 1.29 is 9.47 Å². The minimum Gasteiger partial charge on any atom is -0.377 e. The van der Waals surface area contributed by atoms with Gasteiger partial charge in [0.15, 0.2) is 5.96 Å². The van der Waals surface area contributed by atoms with Crippen LogP contribution in [0, 0.1) is 6.92 Å². The molecule has 1 aliphatic rings. The minimum absolute atomic E-state index is 0. The molecule has 0 aromatic carbocycles. The molecular formula is C18H32IN3O2S. The molecule has 0 bridgehead atoms. The molecule has 2 N–H and O–H groups in total. The Bertz CT molecular complexity index is 504. The summed E-state index contributed by atoms with van der Waals surface area (Å²) in [6.45, 7) is 10.1. The number of aliphatic imine (C=N–C) groups is 1. The lowest BCUT2D eigenvalue weighted by Gasteiger charge is -2.17. The number of halogens is 1. The number of nitrogens with zero attached hydrogens (tertiary/aromatic N) is 1. The summed E-state index contributed by atoms with van der Waals surface area (Å²) in [5.74, 6) is 0.860. The van der Waals surface area contributed by atoms with Crippen LogP contribution in [0.1, 0.15) is 36.4 Å². The van der Waals surface area contributed by atoms with E-state index < -0.39 is 0 Å². The number of hydrogen-bond acceptors (Lipinski definition) is 4. The maximum atomic E-state index is 5.66. The Balaban J connectivity index is 0.00000312. The monoisotopic (exact) mass is 481 g/mol. The number of rotatable bonds is 9. The topological polar surface area (TPSA) is 54.9 Å². The molecule has 1 aromatic rings. The van der Waals surface area contributed by atoms with Gasteiger partial charge in [0, 0.05) is 35.4 Å². The summed E-state index contributed by atoms with van der Waals surface area (Å²) in [4.78, 5) is 7.36. The summed E-state index contributed by atoms with van der Waals surface area (Å²) in [6, 6.07) is 4.73. The minimum atomic E-state index is 0. The van der Waals surface area contributed by atoms with Crippen LogP contribution >= 0.6 is 35.3 Å². The number of nitrogens with one attached hydrogen (secondary N) is 2. The third kappa shape index (κ3) is 9.21. The van der Waals surface area contributed by atoms with Crippen LogP contribution in [-0.4, -0.2) is 51.0 Å². The highest BCUT2D eigenvalue weighted by Gasteiger charge is 2.15. The van der Waals surface area contributed by atoms with E-state index in [9.17, 15) is 0 Å². The summed E-state index contributed by atoms with van der Waals surface area (Å²) in [5.41, 5.74) is 0. The van der Waals surface area contributed by atoms with Gasteiger partial charge < -0.3 is 20.1 Å². The maximum absolute atomic E-state index is 5.66. The van der Waals surface area contributed by atoms with Crippen molar-refractivity contribution in [2.24, 2.45) is 4.99 Å². The van der Waals surface area contributed by atoms with Gasteiger partial charge in [-0.2, -0.15) is 0 Å². The van der Waals surface area contributed by atoms with Gasteiger partial charge in [0.1, 0.15) is 0 Å². The number of aryl methyl sites for hydroxylation is 1. The van der Waals surface area contributed by atoms with Gasteiger partial charge in [-0.3, -0.25) is 4.99 Å². The van der Waals surface area contributed by atoms with E-state index in [1.54, 1.807) is 0 Å². The van der Waals surface area contributed by atoms with Crippen molar-refractivity contribution in [1.82, 2.24) is 10.6 Å². The molecule has 0 amide bonds. The van der Waals surface area contributed by atoms with Crippen molar-refractivity contribution >= 4 is 41.3 Å². The van der Waals surface area contributed by atoms with Gasteiger partial charge in [0.2, 0.25) is 0 Å². The fourth-order valence-corrected chi connectivity index (χ4v) is 3.73. The highest BCUT2D eigenvalue weighted by molar-refractivity contribution is 14.0. The first kappa shape index (κ1) is 22.7. The summed E-state index contributed by atoms with van der Waals surface area (Å²) in [5, 5.41) is 6.77. The summed E-state index contributed by atoms with van der Waals surface area (Å²) >= 11 is 1.86. The largest absolute Gasteiger partial charge is 0.377 e. The van der Waals surface area contributed by atoms with Crippen molar-refractivity contribution in [3.05, 3.63) is 21.9 Å². The lowest BCUT2D eigenvalue weighted by Crippen LogP contribution is -2.43. The second-order valence-corrected chi connectivity index (χ2v) is 7.60. The molecule has 2 heterocycles. The average molecular weight is 481 g/mol. The molecule has 0 saturated carbocycles. The zero-order valence-corrected chi connectivity index (χ0v) is 18.7. The smallest absolute Gasteiger partial charge is 0.191 e. The molecule has 144 valence electrons. The van der Waals surface area contributed by atoms with E-state index >= 15 is 0 Å². The molecule has 1 saturated heterocycles. The van der Waals surface area contributed by atoms with Crippen LogP contribution in [0.25, 0.3) is 0 Å². The third-order valence-electron chi connectivity index (χ3n) is 3.86. The molecule has 1 aromatic heterocycles. The normalized spacial score (nSPS) is 18.7. The Hall–Kier alpha value is -0.380. The number of hydrogen-bond donors (Lipinski definition) is 2. The first-order chi connectivity index (χ1) is 11.7. The Morgan fingerprint density at radius 2 is 2.32 bits per heavy atom. The molecule has 1 fully saturated rings. The van der Waals surface area contributed by atoms with Crippen molar-refractivity contribution in [3.8, 4) is 0 Å². The van der Waals surface area contributed by atoms with Crippen LogP contribution in [0.4, 0.5) is 0 Å². The molecule has 0 spiro atoms. The Morgan fingerprint density at radius 1 is 1.48 bits per heavy atom. The lowest BCUT2D eigenvalue weighted by atomic mass is 10.2. The highest BCUT2D eigenvalue weighted by atomic mass is 127. The molecule has 1 aliphatic heterocycles. The Kier molecular flexibility index (Phi) is 11.7. The van der Waals surface area contributed by atoms with Gasteiger partial charge in [0.25, 0.3) is 0 Å². The van der Waals surface area contributed by atoms with Crippen molar-refractivity contribution in [1.29, 1.82) is 0 Å². The van der Waals surface area contributed by atoms with E-state index in [2.05, 4.69) is 48.5 Å². The van der Waals surface area contributed by atoms with E-state index in [-0.39, 0.29) is 30.1 Å². The molecule has 0 aliphatic carbocycles. The van der Waals surface area contributed by atoms with E-state index in [0.717, 1.165) is 38.4 Å². The molecule has 0 radical (unpaired) electrons. The lowest BCUT2D eigenvalue weighted by molar-refractivity contribution is 0.0200. The average Bonchev–Trinajstić information content (AvgIpc) is 3.19. The summed E-state index contributed by atoms with van der Waals surface area (Å²) in [6.07, 6.45) is 3.57. The fraction of sp³-hybridized carbons (Fsp3) is 0.722. The van der Waals surface area contributed by atoms with Gasteiger partial charge in [-0.05, 0) is 45.7 Å². The zero-order chi connectivity index (χ0) is 17.2. The third-order valence-corrected chi connectivity index (χ3v) is 4.89. The van der Waals surface area contributed by atoms with Gasteiger partial charge >= 0.3 is 0 Å². The van der Waals surface area contributed by atoms with Crippen LogP contribution in [0.15, 0.2) is 17.1 Å². The molecule has 2 rings (SSSR count). The van der Waals surface area contributed by atoms with Crippen LogP contribution in [0.2, 0.25) is 0 Å². The van der Waals surface area contributed by atoms with E-state index in [1.165, 1.54) is 9.75 Å². The standard InChI is InChI=1S/C18H31N3O2S.HI/c1-4-19-18(20-9-11-22-13-16-6-5-10-23-16)21-14(2)12-17-8-7-15(3)24-17;/h7-8,14,16H,4-6,9-13H2,1-3H3,(H2,19,20,21);1H. The number of ether oxygens (including phenoxy) is 2. The van der Waals surface area contributed by atoms with Crippen LogP contribution in [-0.2, 0) is 15.9 Å². The SMILES string of the molecule is CCNC(=NCCOCC1CCCO1)NC(C)Cc1ccc(C)s1.I. The predicted molar refractivity (Wildman–Crippen MR) is 117 cm³/mol. The van der Waals surface area contributed by atoms with Crippen LogP contribution in [0.5, 0.6) is 0 Å². The molecule has 2 unspecified atom stereocenters. The summed E-state index contributed by atoms with van der Waals surface area (Å²) in [7, 11) is 0. The Morgan fingerprint density at radius 3 is 2.96 bits per heavy atom. The van der Waals surface area contributed by atoms with E-state index in [0.29, 0.717) is 25.8 Å². The van der Waals surface area contributed by atoms with Crippen LogP contribution in [0.3, 0.4) is 0 Å². The van der Waals surface area contributed by atoms with E-state index in [4.69, 9.17) is 9.47 Å². The van der Waals surface area contributed by atoms with Gasteiger partial charge in [-0.15, -0.1) is 35.3 Å².